The van der Waals surface area contributed by atoms with Crippen molar-refractivity contribution in [3.8, 4) is 5.75 Å². The number of para-hydroxylation sites is 1. The highest BCUT2D eigenvalue weighted by Crippen LogP contribution is 2.19. The van der Waals surface area contributed by atoms with E-state index in [2.05, 4.69) is 11.9 Å². The van der Waals surface area contributed by atoms with E-state index >= 15 is 0 Å². The van der Waals surface area contributed by atoms with Crippen molar-refractivity contribution in [2.24, 2.45) is 0 Å². The molecule has 20 heavy (non-hydrogen) atoms. The summed E-state index contributed by atoms with van der Waals surface area (Å²) in [5, 5.41) is 2.75. The number of ether oxygens (including phenoxy) is 1. The Bertz CT molecular complexity index is 561. The van der Waals surface area contributed by atoms with E-state index < -0.39 is 11.6 Å². The van der Waals surface area contributed by atoms with Crippen LogP contribution < -0.4 is 10.1 Å². The smallest absolute Gasteiger partial charge is 0.149 e. The van der Waals surface area contributed by atoms with Gasteiger partial charge in [0.15, 0.2) is 0 Å². The first-order chi connectivity index (χ1) is 9.70. The lowest BCUT2D eigenvalue weighted by Crippen LogP contribution is -2.03. The fourth-order valence-electron chi connectivity index (χ4n) is 1.72. The number of hydrogen-bond donors (Lipinski definition) is 1. The predicted octanol–water partition coefficient (Wildman–Crippen LogP) is 4.14. The summed E-state index contributed by atoms with van der Waals surface area (Å²) in [7, 11) is 0. The molecule has 4 heteroatoms. The van der Waals surface area contributed by atoms with Gasteiger partial charge in [-0.1, -0.05) is 30.9 Å². The minimum Gasteiger partial charge on any atom is -0.490 e. The molecule has 1 N–H and O–H groups in total. The second-order valence-electron chi connectivity index (χ2n) is 4.19. The minimum atomic E-state index is -0.601. The van der Waals surface area contributed by atoms with Gasteiger partial charge in [0.1, 0.15) is 29.7 Å². The first-order valence-corrected chi connectivity index (χ1v) is 6.21. The van der Waals surface area contributed by atoms with Gasteiger partial charge >= 0.3 is 0 Å². The Morgan fingerprint density at radius 2 is 1.70 bits per heavy atom. The summed E-state index contributed by atoms with van der Waals surface area (Å²) < 4.78 is 32.2. The molecule has 0 bridgehead atoms. The Morgan fingerprint density at radius 1 is 1.05 bits per heavy atom. The Morgan fingerprint density at radius 3 is 2.30 bits per heavy atom. The molecule has 0 aromatic heterocycles. The van der Waals surface area contributed by atoms with Crippen LogP contribution in [0.5, 0.6) is 5.75 Å². The maximum absolute atomic E-state index is 13.4. The molecule has 2 aromatic carbocycles. The third kappa shape index (κ3) is 3.57. The maximum atomic E-state index is 13.4. The number of rotatable bonds is 6. The molecule has 0 saturated carbocycles. The van der Waals surface area contributed by atoms with Crippen LogP contribution in [0.3, 0.4) is 0 Å². The quantitative estimate of drug-likeness (QED) is 0.800. The largest absolute Gasteiger partial charge is 0.490 e. The van der Waals surface area contributed by atoms with E-state index in [9.17, 15) is 8.78 Å². The SMILES string of the molecule is C=CCOc1ccc(CNc2c(F)cccc2F)cc1. The van der Waals surface area contributed by atoms with Crippen molar-refractivity contribution < 1.29 is 13.5 Å². The summed E-state index contributed by atoms with van der Waals surface area (Å²) in [6, 6.07) is 11.1. The first-order valence-electron chi connectivity index (χ1n) is 6.21. The molecule has 0 radical (unpaired) electrons. The van der Waals surface area contributed by atoms with Gasteiger partial charge in [0.05, 0.1) is 0 Å². The van der Waals surface area contributed by atoms with Crippen LogP contribution >= 0.6 is 0 Å². The second-order valence-corrected chi connectivity index (χ2v) is 4.19. The zero-order valence-corrected chi connectivity index (χ0v) is 10.9. The standard InChI is InChI=1S/C16H15F2NO/c1-2-10-20-13-8-6-12(7-9-13)11-19-16-14(17)4-3-5-15(16)18/h2-9,19H,1,10-11H2. The van der Waals surface area contributed by atoms with E-state index in [1.807, 2.05) is 12.1 Å². The Hall–Kier alpha value is -2.36. The lowest BCUT2D eigenvalue weighted by atomic mass is 10.2. The number of nitrogens with one attached hydrogen (secondary N) is 1. The zero-order valence-electron chi connectivity index (χ0n) is 10.9. The molecule has 104 valence electrons. The highest BCUT2D eigenvalue weighted by molar-refractivity contribution is 5.46. The maximum Gasteiger partial charge on any atom is 0.149 e. The van der Waals surface area contributed by atoms with Gasteiger partial charge in [-0.05, 0) is 29.8 Å². The summed E-state index contributed by atoms with van der Waals surface area (Å²) in [5.41, 5.74) is 0.790. The Labute approximate surface area is 116 Å². The lowest BCUT2D eigenvalue weighted by Gasteiger charge is -2.09. The fraction of sp³-hybridized carbons (Fsp3) is 0.125. The summed E-state index contributed by atoms with van der Waals surface area (Å²) in [6.45, 7) is 4.34. The molecular formula is C16H15F2NO. The summed E-state index contributed by atoms with van der Waals surface area (Å²) in [4.78, 5) is 0. The van der Waals surface area contributed by atoms with Crippen LogP contribution in [0.1, 0.15) is 5.56 Å². The average molecular weight is 275 g/mol. The molecule has 2 rings (SSSR count). The van der Waals surface area contributed by atoms with Crippen molar-refractivity contribution in [3.63, 3.8) is 0 Å². The van der Waals surface area contributed by atoms with Gasteiger partial charge < -0.3 is 10.1 Å². The van der Waals surface area contributed by atoms with Gasteiger partial charge in [-0.2, -0.15) is 0 Å². The van der Waals surface area contributed by atoms with Gasteiger partial charge in [-0.3, -0.25) is 0 Å². The molecule has 0 atom stereocenters. The molecule has 0 unspecified atom stereocenters. The van der Waals surface area contributed by atoms with Crippen molar-refractivity contribution in [2.45, 2.75) is 6.54 Å². The molecule has 0 saturated heterocycles. The highest BCUT2D eigenvalue weighted by Gasteiger charge is 2.07. The highest BCUT2D eigenvalue weighted by atomic mass is 19.1. The average Bonchev–Trinajstić information content (AvgIpc) is 2.46. The van der Waals surface area contributed by atoms with Crippen LogP contribution in [0.15, 0.2) is 55.1 Å². The van der Waals surface area contributed by atoms with E-state index in [4.69, 9.17) is 4.74 Å². The molecule has 0 aliphatic carbocycles. The lowest BCUT2D eigenvalue weighted by molar-refractivity contribution is 0.363. The van der Waals surface area contributed by atoms with Crippen LogP contribution in [0, 0.1) is 11.6 Å². The van der Waals surface area contributed by atoms with Crippen molar-refractivity contribution in [3.05, 3.63) is 72.3 Å². The number of hydrogen-bond acceptors (Lipinski definition) is 2. The topological polar surface area (TPSA) is 21.3 Å². The third-order valence-electron chi connectivity index (χ3n) is 2.72. The molecule has 0 aliphatic heterocycles. The van der Waals surface area contributed by atoms with Crippen molar-refractivity contribution in [1.82, 2.24) is 0 Å². The molecule has 0 spiro atoms. The molecule has 2 nitrogen and oxygen atoms in total. The molecular weight excluding hydrogens is 260 g/mol. The van der Waals surface area contributed by atoms with Gasteiger partial charge in [0.2, 0.25) is 0 Å². The first kappa shape index (κ1) is 14.1. The summed E-state index contributed by atoms with van der Waals surface area (Å²) in [6.07, 6.45) is 1.66. The van der Waals surface area contributed by atoms with E-state index in [-0.39, 0.29) is 5.69 Å². The van der Waals surface area contributed by atoms with Crippen LogP contribution in [0.25, 0.3) is 0 Å². The number of benzene rings is 2. The van der Waals surface area contributed by atoms with Crippen molar-refractivity contribution >= 4 is 5.69 Å². The predicted molar refractivity (Wildman–Crippen MR) is 75.8 cm³/mol. The number of halogens is 2. The normalized spacial score (nSPS) is 10.1. The minimum absolute atomic E-state index is 0.112. The van der Waals surface area contributed by atoms with Crippen LogP contribution in [0.2, 0.25) is 0 Å². The van der Waals surface area contributed by atoms with Crippen LogP contribution in [-0.4, -0.2) is 6.61 Å². The van der Waals surface area contributed by atoms with E-state index in [0.717, 1.165) is 11.3 Å². The van der Waals surface area contributed by atoms with E-state index in [1.165, 1.54) is 18.2 Å². The van der Waals surface area contributed by atoms with E-state index in [0.29, 0.717) is 13.2 Å². The van der Waals surface area contributed by atoms with Crippen molar-refractivity contribution in [2.75, 3.05) is 11.9 Å². The molecule has 0 aliphatic rings. The summed E-state index contributed by atoms with van der Waals surface area (Å²) >= 11 is 0. The van der Waals surface area contributed by atoms with Gasteiger partial charge in [0, 0.05) is 6.54 Å². The third-order valence-corrected chi connectivity index (χ3v) is 2.72. The zero-order chi connectivity index (χ0) is 14.4. The van der Waals surface area contributed by atoms with Crippen LogP contribution in [0.4, 0.5) is 14.5 Å². The number of anilines is 1. The molecule has 2 aromatic rings. The van der Waals surface area contributed by atoms with Crippen LogP contribution in [-0.2, 0) is 6.54 Å². The van der Waals surface area contributed by atoms with Gasteiger partial charge in [0.25, 0.3) is 0 Å². The van der Waals surface area contributed by atoms with Gasteiger partial charge in [-0.25, -0.2) is 8.78 Å². The molecule has 0 amide bonds. The molecule has 0 fully saturated rings. The second kappa shape index (κ2) is 6.70. The van der Waals surface area contributed by atoms with E-state index in [1.54, 1.807) is 18.2 Å². The van der Waals surface area contributed by atoms with Gasteiger partial charge in [-0.15, -0.1) is 0 Å². The fourth-order valence-corrected chi connectivity index (χ4v) is 1.72. The summed E-state index contributed by atoms with van der Waals surface area (Å²) in [5.74, 6) is -0.474. The Balaban J connectivity index is 1.98. The Kier molecular flexibility index (Phi) is 4.71. The van der Waals surface area contributed by atoms with Crippen molar-refractivity contribution in [1.29, 1.82) is 0 Å². The monoisotopic (exact) mass is 275 g/mol. The molecule has 0 heterocycles.